The molecule has 1 aliphatic carbocycles. The predicted octanol–water partition coefficient (Wildman–Crippen LogP) is 3.90. The van der Waals surface area contributed by atoms with Gasteiger partial charge in [-0.1, -0.05) is 31.2 Å². The lowest BCUT2D eigenvalue weighted by molar-refractivity contribution is 0.307. The zero-order valence-corrected chi connectivity index (χ0v) is 11.6. The van der Waals surface area contributed by atoms with Crippen LogP contribution in [0.25, 0.3) is 10.9 Å². The Kier molecular flexibility index (Phi) is 3.79. The van der Waals surface area contributed by atoms with Crippen molar-refractivity contribution in [2.45, 2.75) is 45.2 Å². The maximum absolute atomic E-state index is 4.52. The zero-order chi connectivity index (χ0) is 13.1. The van der Waals surface area contributed by atoms with E-state index in [0.29, 0.717) is 6.04 Å². The lowest BCUT2D eigenvalue weighted by Gasteiger charge is -2.27. The molecule has 0 radical (unpaired) electrons. The first-order valence-electron chi connectivity index (χ1n) is 7.39. The van der Waals surface area contributed by atoms with Crippen molar-refractivity contribution < 1.29 is 0 Å². The average Bonchev–Trinajstić information content (AvgIpc) is 2.47. The van der Waals surface area contributed by atoms with Gasteiger partial charge in [-0.3, -0.25) is 4.98 Å². The first-order valence-corrected chi connectivity index (χ1v) is 7.39. The van der Waals surface area contributed by atoms with Crippen molar-refractivity contribution in [2.24, 2.45) is 5.92 Å². The highest BCUT2D eigenvalue weighted by atomic mass is 14.9. The van der Waals surface area contributed by atoms with Crippen LogP contribution >= 0.6 is 0 Å². The van der Waals surface area contributed by atoms with Crippen molar-refractivity contribution in [3.05, 3.63) is 42.1 Å². The van der Waals surface area contributed by atoms with Gasteiger partial charge in [0.25, 0.3) is 0 Å². The summed E-state index contributed by atoms with van der Waals surface area (Å²) in [4.78, 5) is 4.52. The lowest BCUT2D eigenvalue weighted by atomic mass is 9.87. The van der Waals surface area contributed by atoms with E-state index in [1.165, 1.54) is 36.6 Å². The standard InChI is InChI=1S/C17H22N2/c1-13-7-9-16(10-8-13)19-12-15-5-2-4-14-6-3-11-18-17(14)15/h2-6,11,13,16,19H,7-10,12H2,1H3. The molecular weight excluding hydrogens is 232 g/mol. The number of nitrogens with one attached hydrogen (secondary N) is 1. The number of nitrogens with zero attached hydrogens (tertiary/aromatic N) is 1. The Morgan fingerprint density at radius 1 is 1.11 bits per heavy atom. The molecule has 0 bridgehead atoms. The van der Waals surface area contributed by atoms with Gasteiger partial charge < -0.3 is 5.32 Å². The molecule has 0 amide bonds. The number of rotatable bonds is 3. The Balaban J connectivity index is 1.68. The molecule has 1 N–H and O–H groups in total. The first-order chi connectivity index (χ1) is 9.33. The summed E-state index contributed by atoms with van der Waals surface area (Å²) in [5.41, 5.74) is 2.46. The summed E-state index contributed by atoms with van der Waals surface area (Å²) >= 11 is 0. The van der Waals surface area contributed by atoms with Crippen LogP contribution in [-0.2, 0) is 6.54 Å². The Bertz CT molecular complexity index is 536. The topological polar surface area (TPSA) is 24.9 Å². The summed E-state index contributed by atoms with van der Waals surface area (Å²) in [6.45, 7) is 3.30. The maximum Gasteiger partial charge on any atom is 0.0746 e. The molecule has 1 aromatic heterocycles. The molecule has 2 aromatic rings. The minimum atomic E-state index is 0.690. The molecule has 19 heavy (non-hydrogen) atoms. The number of hydrogen-bond acceptors (Lipinski definition) is 2. The van der Waals surface area contributed by atoms with Gasteiger partial charge in [0.15, 0.2) is 0 Å². The van der Waals surface area contributed by atoms with Gasteiger partial charge in [-0.15, -0.1) is 0 Å². The Hall–Kier alpha value is -1.41. The van der Waals surface area contributed by atoms with Crippen molar-refractivity contribution in [3.63, 3.8) is 0 Å². The van der Waals surface area contributed by atoms with E-state index in [0.717, 1.165) is 18.0 Å². The fraction of sp³-hybridized carbons (Fsp3) is 0.471. The van der Waals surface area contributed by atoms with Crippen molar-refractivity contribution in [3.8, 4) is 0 Å². The second-order valence-corrected chi connectivity index (χ2v) is 5.83. The van der Waals surface area contributed by atoms with Gasteiger partial charge in [-0.2, -0.15) is 0 Å². The number of para-hydroxylation sites is 1. The monoisotopic (exact) mass is 254 g/mol. The Morgan fingerprint density at radius 3 is 2.74 bits per heavy atom. The molecule has 1 aromatic carbocycles. The Morgan fingerprint density at radius 2 is 1.89 bits per heavy atom. The fourth-order valence-electron chi connectivity index (χ4n) is 3.03. The molecule has 0 unspecified atom stereocenters. The molecule has 2 nitrogen and oxygen atoms in total. The largest absolute Gasteiger partial charge is 0.310 e. The second kappa shape index (κ2) is 5.70. The molecular formula is C17H22N2. The Labute approximate surface area is 115 Å². The molecule has 1 heterocycles. The van der Waals surface area contributed by atoms with Gasteiger partial charge in [0, 0.05) is 24.2 Å². The number of hydrogen-bond donors (Lipinski definition) is 1. The summed E-state index contributed by atoms with van der Waals surface area (Å²) in [7, 11) is 0. The summed E-state index contributed by atoms with van der Waals surface area (Å²) in [6.07, 6.45) is 7.25. The summed E-state index contributed by atoms with van der Waals surface area (Å²) in [5.74, 6) is 0.914. The fourth-order valence-corrected chi connectivity index (χ4v) is 3.03. The van der Waals surface area contributed by atoms with Crippen LogP contribution in [0.15, 0.2) is 36.5 Å². The zero-order valence-electron chi connectivity index (χ0n) is 11.6. The van der Waals surface area contributed by atoms with E-state index in [4.69, 9.17) is 0 Å². The van der Waals surface area contributed by atoms with Gasteiger partial charge in [-0.25, -0.2) is 0 Å². The van der Waals surface area contributed by atoms with Crippen LogP contribution in [0, 0.1) is 5.92 Å². The number of pyridine rings is 1. The molecule has 0 atom stereocenters. The van der Waals surface area contributed by atoms with Gasteiger partial charge in [0.1, 0.15) is 0 Å². The number of fused-ring (bicyclic) bond motifs is 1. The quantitative estimate of drug-likeness (QED) is 0.898. The molecule has 1 saturated carbocycles. The maximum atomic E-state index is 4.52. The van der Waals surface area contributed by atoms with Crippen molar-refractivity contribution in [1.29, 1.82) is 0 Å². The minimum Gasteiger partial charge on any atom is -0.310 e. The normalized spacial score (nSPS) is 23.6. The number of aromatic nitrogens is 1. The van der Waals surface area contributed by atoms with E-state index in [-0.39, 0.29) is 0 Å². The molecule has 100 valence electrons. The summed E-state index contributed by atoms with van der Waals surface area (Å²) in [6, 6.07) is 11.3. The molecule has 0 aliphatic heterocycles. The summed E-state index contributed by atoms with van der Waals surface area (Å²) < 4.78 is 0. The average molecular weight is 254 g/mol. The van der Waals surface area contributed by atoms with E-state index in [1.807, 2.05) is 12.3 Å². The predicted molar refractivity (Wildman–Crippen MR) is 80.0 cm³/mol. The van der Waals surface area contributed by atoms with Crippen molar-refractivity contribution in [2.75, 3.05) is 0 Å². The minimum absolute atomic E-state index is 0.690. The highest BCUT2D eigenvalue weighted by Gasteiger charge is 2.17. The van der Waals surface area contributed by atoms with Crippen LogP contribution in [0.1, 0.15) is 38.2 Å². The van der Waals surface area contributed by atoms with Crippen LogP contribution < -0.4 is 5.32 Å². The van der Waals surface area contributed by atoms with E-state index in [1.54, 1.807) is 0 Å². The lowest BCUT2D eigenvalue weighted by Crippen LogP contribution is -2.32. The molecule has 1 aliphatic rings. The molecule has 0 saturated heterocycles. The molecule has 1 fully saturated rings. The van der Waals surface area contributed by atoms with Crippen LogP contribution in [0.3, 0.4) is 0 Å². The van der Waals surface area contributed by atoms with Gasteiger partial charge in [0.05, 0.1) is 5.52 Å². The summed E-state index contributed by atoms with van der Waals surface area (Å²) in [5, 5.41) is 4.95. The van der Waals surface area contributed by atoms with Crippen LogP contribution in [0.2, 0.25) is 0 Å². The third kappa shape index (κ3) is 2.95. The number of benzene rings is 1. The highest BCUT2D eigenvalue weighted by Crippen LogP contribution is 2.24. The van der Waals surface area contributed by atoms with E-state index in [9.17, 15) is 0 Å². The highest BCUT2D eigenvalue weighted by molar-refractivity contribution is 5.81. The van der Waals surface area contributed by atoms with Gasteiger partial charge >= 0.3 is 0 Å². The van der Waals surface area contributed by atoms with E-state index in [2.05, 4.69) is 41.5 Å². The SMILES string of the molecule is CC1CCC(NCc2cccc3cccnc23)CC1. The van der Waals surface area contributed by atoms with Gasteiger partial charge in [-0.05, 0) is 43.2 Å². The van der Waals surface area contributed by atoms with Crippen molar-refractivity contribution >= 4 is 10.9 Å². The van der Waals surface area contributed by atoms with Crippen LogP contribution in [0.4, 0.5) is 0 Å². The third-order valence-corrected chi connectivity index (χ3v) is 4.31. The third-order valence-electron chi connectivity index (χ3n) is 4.31. The van der Waals surface area contributed by atoms with Crippen LogP contribution in [0.5, 0.6) is 0 Å². The van der Waals surface area contributed by atoms with E-state index < -0.39 is 0 Å². The molecule has 3 rings (SSSR count). The second-order valence-electron chi connectivity index (χ2n) is 5.83. The van der Waals surface area contributed by atoms with Crippen LogP contribution in [-0.4, -0.2) is 11.0 Å². The van der Waals surface area contributed by atoms with E-state index >= 15 is 0 Å². The molecule has 2 heteroatoms. The first kappa shape index (κ1) is 12.6. The van der Waals surface area contributed by atoms with Gasteiger partial charge in [0.2, 0.25) is 0 Å². The molecule has 0 spiro atoms. The van der Waals surface area contributed by atoms with Crippen molar-refractivity contribution in [1.82, 2.24) is 10.3 Å². The smallest absolute Gasteiger partial charge is 0.0746 e.